The molecule has 0 saturated carbocycles. The fraction of sp³-hybridized carbons (Fsp3) is 0.308. The van der Waals surface area contributed by atoms with Crippen molar-refractivity contribution in [3.8, 4) is 0 Å². The van der Waals surface area contributed by atoms with E-state index < -0.39 is 18.2 Å². The van der Waals surface area contributed by atoms with Crippen molar-refractivity contribution in [3.63, 3.8) is 0 Å². The summed E-state index contributed by atoms with van der Waals surface area (Å²) in [5.41, 5.74) is 1.96. The molecule has 2 amide bonds. The van der Waals surface area contributed by atoms with Crippen molar-refractivity contribution in [2.45, 2.75) is 37.6 Å². The van der Waals surface area contributed by atoms with Crippen LogP contribution in [0.1, 0.15) is 17.5 Å². The van der Waals surface area contributed by atoms with Crippen LogP contribution < -0.4 is 10.6 Å². The minimum Gasteiger partial charge on any atom is -0.392 e. The molecule has 0 spiro atoms. The zero-order valence-electron chi connectivity index (χ0n) is 18.5. The topological polar surface area (TPSA) is 81.7 Å². The molecular weight excluding hydrogens is 438 g/mol. The second kappa shape index (κ2) is 10.3. The lowest BCUT2D eigenvalue weighted by Crippen LogP contribution is -2.52. The number of hydrogen-bond donors (Lipinski definition) is 3. The zero-order chi connectivity index (χ0) is 23.4. The first kappa shape index (κ1) is 23.2. The van der Waals surface area contributed by atoms with Crippen LogP contribution in [-0.2, 0) is 22.6 Å². The fourth-order valence-electron chi connectivity index (χ4n) is 4.22. The molecule has 1 aliphatic rings. The second-order valence-corrected chi connectivity index (χ2v) is 9.06. The Kier molecular flexibility index (Phi) is 7.28. The Bertz CT molecular complexity index is 1140. The van der Waals surface area contributed by atoms with Crippen LogP contribution in [0.15, 0.2) is 66.7 Å². The van der Waals surface area contributed by atoms with Gasteiger partial charge in [0, 0.05) is 31.6 Å². The lowest BCUT2D eigenvalue weighted by molar-refractivity contribution is -0.136. The second-order valence-electron chi connectivity index (χ2n) is 8.62. The van der Waals surface area contributed by atoms with E-state index in [4.69, 9.17) is 11.6 Å². The molecule has 0 unspecified atom stereocenters. The molecule has 33 heavy (non-hydrogen) atoms. The SMILES string of the molecule is CN(Cc1ccccc1)C(=O)[C@H](Cc1ccc2cc(Cl)ccc2c1)NC(=O)[C@@H]1C[C@@H](O)CN1. The molecule has 6 nitrogen and oxygen atoms in total. The first-order chi connectivity index (χ1) is 15.9. The van der Waals surface area contributed by atoms with Gasteiger partial charge in [0.1, 0.15) is 6.04 Å². The Morgan fingerprint density at radius 3 is 2.55 bits per heavy atom. The number of amides is 2. The Morgan fingerprint density at radius 1 is 1.09 bits per heavy atom. The number of β-amino-alcohol motifs (C(OH)–C–C–N with tert-alkyl or cyclic N) is 1. The van der Waals surface area contributed by atoms with Crippen molar-refractivity contribution in [2.75, 3.05) is 13.6 Å². The number of aliphatic hydroxyl groups excluding tert-OH is 1. The van der Waals surface area contributed by atoms with Gasteiger partial charge in [0.05, 0.1) is 12.1 Å². The highest BCUT2D eigenvalue weighted by atomic mass is 35.5. The van der Waals surface area contributed by atoms with Gasteiger partial charge in [-0.05, 0) is 40.5 Å². The number of hydrogen-bond acceptors (Lipinski definition) is 4. The van der Waals surface area contributed by atoms with E-state index in [1.807, 2.05) is 66.7 Å². The molecule has 0 radical (unpaired) electrons. The predicted octanol–water partition coefficient (Wildman–Crippen LogP) is 2.90. The molecule has 1 heterocycles. The first-order valence-corrected chi connectivity index (χ1v) is 11.5. The predicted molar refractivity (Wildman–Crippen MR) is 130 cm³/mol. The van der Waals surface area contributed by atoms with Gasteiger partial charge >= 0.3 is 0 Å². The molecule has 3 atom stereocenters. The number of aliphatic hydroxyl groups is 1. The summed E-state index contributed by atoms with van der Waals surface area (Å²) in [6.45, 7) is 0.820. The van der Waals surface area contributed by atoms with Crippen LogP contribution in [0.3, 0.4) is 0 Å². The number of halogens is 1. The van der Waals surface area contributed by atoms with Gasteiger partial charge in [-0.15, -0.1) is 0 Å². The Labute approximate surface area is 198 Å². The highest BCUT2D eigenvalue weighted by molar-refractivity contribution is 6.31. The average Bonchev–Trinajstić information content (AvgIpc) is 3.25. The third kappa shape index (κ3) is 5.90. The molecule has 4 rings (SSSR count). The maximum Gasteiger partial charge on any atom is 0.245 e. The molecule has 3 N–H and O–H groups in total. The van der Waals surface area contributed by atoms with Crippen molar-refractivity contribution in [2.24, 2.45) is 0 Å². The Balaban J connectivity index is 1.54. The summed E-state index contributed by atoms with van der Waals surface area (Å²) in [5.74, 6) is -0.437. The third-order valence-corrected chi connectivity index (χ3v) is 6.22. The maximum absolute atomic E-state index is 13.4. The van der Waals surface area contributed by atoms with Crippen LogP contribution in [0.25, 0.3) is 10.8 Å². The van der Waals surface area contributed by atoms with Gasteiger partial charge in [0.15, 0.2) is 0 Å². The first-order valence-electron chi connectivity index (χ1n) is 11.1. The molecule has 3 aromatic carbocycles. The fourth-order valence-corrected chi connectivity index (χ4v) is 4.40. The number of carbonyl (C=O) groups is 2. The van der Waals surface area contributed by atoms with E-state index in [-0.39, 0.29) is 11.8 Å². The van der Waals surface area contributed by atoms with Gasteiger partial charge in [-0.1, -0.05) is 66.2 Å². The van der Waals surface area contributed by atoms with Crippen molar-refractivity contribution < 1.29 is 14.7 Å². The minimum absolute atomic E-state index is 0.165. The quantitative estimate of drug-likeness (QED) is 0.501. The molecular formula is C26H28ClN3O3. The molecule has 172 valence electrons. The maximum atomic E-state index is 13.4. The van der Waals surface area contributed by atoms with Crippen LogP contribution in [0, 0.1) is 0 Å². The number of benzene rings is 3. The van der Waals surface area contributed by atoms with Crippen molar-refractivity contribution in [1.82, 2.24) is 15.5 Å². The van der Waals surface area contributed by atoms with Crippen LogP contribution in [0.5, 0.6) is 0 Å². The van der Waals surface area contributed by atoms with Gasteiger partial charge in [-0.25, -0.2) is 0 Å². The van der Waals surface area contributed by atoms with Crippen molar-refractivity contribution in [1.29, 1.82) is 0 Å². The molecule has 0 aliphatic carbocycles. The van der Waals surface area contributed by atoms with Crippen molar-refractivity contribution in [3.05, 3.63) is 82.9 Å². The van der Waals surface area contributed by atoms with E-state index in [0.717, 1.165) is 21.9 Å². The monoisotopic (exact) mass is 465 g/mol. The van der Waals surface area contributed by atoms with Gasteiger partial charge < -0.3 is 20.6 Å². The number of nitrogens with zero attached hydrogens (tertiary/aromatic N) is 1. The molecule has 1 saturated heterocycles. The number of likely N-dealkylation sites (N-methyl/N-ethyl adjacent to an activating group) is 1. The van der Waals surface area contributed by atoms with Gasteiger partial charge in [0.25, 0.3) is 0 Å². The Hall–Kier alpha value is -2.93. The zero-order valence-corrected chi connectivity index (χ0v) is 19.3. The highest BCUT2D eigenvalue weighted by Crippen LogP contribution is 2.22. The smallest absolute Gasteiger partial charge is 0.245 e. The number of nitrogens with one attached hydrogen (secondary N) is 2. The van der Waals surface area contributed by atoms with Gasteiger partial charge in [-0.2, -0.15) is 0 Å². The molecule has 1 fully saturated rings. The van der Waals surface area contributed by atoms with Crippen molar-refractivity contribution >= 4 is 34.2 Å². The number of fused-ring (bicyclic) bond motifs is 1. The molecule has 7 heteroatoms. The Morgan fingerprint density at radius 2 is 1.82 bits per heavy atom. The van der Waals surface area contributed by atoms with Crippen LogP contribution in [0.4, 0.5) is 0 Å². The van der Waals surface area contributed by atoms with E-state index in [1.165, 1.54) is 0 Å². The summed E-state index contributed by atoms with van der Waals surface area (Å²) >= 11 is 6.09. The lowest BCUT2D eigenvalue weighted by Gasteiger charge is -2.26. The van der Waals surface area contributed by atoms with E-state index in [9.17, 15) is 14.7 Å². The van der Waals surface area contributed by atoms with E-state index in [2.05, 4.69) is 10.6 Å². The minimum atomic E-state index is -0.726. The number of rotatable bonds is 7. The van der Waals surface area contributed by atoms with Gasteiger partial charge in [-0.3, -0.25) is 9.59 Å². The summed E-state index contributed by atoms with van der Waals surface area (Å²) in [5, 5.41) is 18.4. The average molecular weight is 466 g/mol. The summed E-state index contributed by atoms with van der Waals surface area (Å²) in [6.07, 6.45) is 0.143. The van der Waals surface area contributed by atoms with Crippen LogP contribution in [-0.4, -0.2) is 53.6 Å². The third-order valence-electron chi connectivity index (χ3n) is 5.98. The van der Waals surface area contributed by atoms with E-state index >= 15 is 0 Å². The summed E-state index contributed by atoms with van der Waals surface area (Å²) < 4.78 is 0. The largest absolute Gasteiger partial charge is 0.392 e. The molecule has 0 aromatic heterocycles. The summed E-state index contributed by atoms with van der Waals surface area (Å²) in [6, 6.07) is 20.1. The van der Waals surface area contributed by atoms with Crippen LogP contribution in [0.2, 0.25) is 5.02 Å². The number of carbonyl (C=O) groups excluding carboxylic acids is 2. The van der Waals surface area contributed by atoms with Gasteiger partial charge in [0.2, 0.25) is 11.8 Å². The standard InChI is InChI=1S/C26H28ClN3O3/c1-30(16-17-5-3-2-4-6-17)26(33)24(29-25(32)23-14-22(31)15-28-23)12-18-7-8-20-13-21(27)10-9-19(20)11-18/h2-11,13,22-24,28,31H,12,14-16H2,1H3,(H,29,32)/t22-,23+,24+/m1/s1. The highest BCUT2D eigenvalue weighted by Gasteiger charge is 2.32. The van der Waals surface area contributed by atoms with E-state index in [0.29, 0.717) is 31.0 Å². The summed E-state index contributed by atoms with van der Waals surface area (Å²) in [4.78, 5) is 27.9. The normalized spacial score (nSPS) is 18.8. The molecule has 3 aromatic rings. The molecule has 1 aliphatic heterocycles. The molecule has 0 bridgehead atoms. The lowest BCUT2D eigenvalue weighted by atomic mass is 10.00. The van der Waals surface area contributed by atoms with Crippen LogP contribution >= 0.6 is 11.6 Å². The van der Waals surface area contributed by atoms with E-state index in [1.54, 1.807) is 11.9 Å². The summed E-state index contributed by atoms with van der Waals surface area (Å²) in [7, 11) is 1.74.